The summed E-state index contributed by atoms with van der Waals surface area (Å²) in [6.45, 7) is 4.07. The Morgan fingerprint density at radius 3 is 2.44 bits per heavy atom. The Labute approximate surface area is 96.4 Å². The van der Waals surface area contributed by atoms with Crippen molar-refractivity contribution in [1.29, 1.82) is 0 Å². The van der Waals surface area contributed by atoms with E-state index in [0.717, 1.165) is 25.7 Å². The van der Waals surface area contributed by atoms with Crippen LogP contribution < -0.4 is 5.32 Å². The number of rotatable bonds is 7. The van der Waals surface area contributed by atoms with E-state index in [2.05, 4.69) is 12.2 Å². The molecule has 1 rings (SSSR count). The van der Waals surface area contributed by atoms with Crippen LogP contribution in [0.4, 0.5) is 0 Å². The van der Waals surface area contributed by atoms with E-state index in [-0.39, 0.29) is 11.9 Å². The van der Waals surface area contributed by atoms with Gasteiger partial charge in [-0.3, -0.25) is 9.59 Å². The van der Waals surface area contributed by atoms with Gasteiger partial charge in [0.15, 0.2) is 0 Å². The molecular formula is C12H21NO3. The van der Waals surface area contributed by atoms with Crippen LogP contribution >= 0.6 is 0 Å². The van der Waals surface area contributed by atoms with Crippen molar-refractivity contribution in [3.63, 3.8) is 0 Å². The quantitative estimate of drug-likeness (QED) is 0.516. The van der Waals surface area contributed by atoms with Gasteiger partial charge in [-0.1, -0.05) is 26.2 Å². The average Bonchev–Trinajstić information content (AvgIpc) is 2.98. The first-order chi connectivity index (χ1) is 7.53. The summed E-state index contributed by atoms with van der Waals surface area (Å²) >= 11 is 0. The molecule has 1 unspecified atom stereocenters. The molecule has 0 spiro atoms. The number of carbonyl (C=O) groups is 2. The predicted molar refractivity (Wildman–Crippen MR) is 61.0 cm³/mol. The molecule has 4 nitrogen and oxygen atoms in total. The summed E-state index contributed by atoms with van der Waals surface area (Å²) < 4.78 is 0. The molecule has 92 valence electrons. The molecule has 0 aromatic heterocycles. The fraction of sp³-hybridized carbons (Fsp3) is 0.833. The Balaban J connectivity index is 2.31. The molecule has 16 heavy (non-hydrogen) atoms. The predicted octanol–water partition coefficient (Wildman–Crippen LogP) is 1.94. The second-order valence-corrected chi connectivity index (χ2v) is 4.76. The van der Waals surface area contributed by atoms with Crippen molar-refractivity contribution >= 4 is 11.9 Å². The molecule has 0 aliphatic heterocycles. The standard InChI is InChI=1S/C12H21NO3/c1-3-4-5-6-9(2)13-10(14)12(7-8-12)11(15)16/h9H,3-8H2,1-2H3,(H,13,14)(H,15,16). The molecule has 1 atom stereocenters. The maximum atomic E-state index is 11.7. The molecule has 1 amide bonds. The number of aliphatic carboxylic acids is 1. The topological polar surface area (TPSA) is 66.4 Å². The first-order valence-corrected chi connectivity index (χ1v) is 6.07. The molecule has 4 heteroatoms. The Morgan fingerprint density at radius 1 is 1.38 bits per heavy atom. The van der Waals surface area contributed by atoms with E-state index >= 15 is 0 Å². The summed E-state index contributed by atoms with van der Waals surface area (Å²) in [4.78, 5) is 22.6. The molecule has 1 aliphatic carbocycles. The lowest BCUT2D eigenvalue weighted by Gasteiger charge is -2.16. The summed E-state index contributed by atoms with van der Waals surface area (Å²) in [5.41, 5.74) is -1.10. The zero-order valence-electron chi connectivity index (χ0n) is 10.1. The Bertz CT molecular complexity index is 271. The van der Waals surface area contributed by atoms with Gasteiger partial charge in [0.2, 0.25) is 5.91 Å². The lowest BCUT2D eigenvalue weighted by Crippen LogP contribution is -2.41. The van der Waals surface area contributed by atoms with Gasteiger partial charge in [0, 0.05) is 6.04 Å². The van der Waals surface area contributed by atoms with Crippen LogP contribution in [0.3, 0.4) is 0 Å². The first-order valence-electron chi connectivity index (χ1n) is 6.07. The molecule has 0 radical (unpaired) electrons. The van der Waals surface area contributed by atoms with Gasteiger partial charge >= 0.3 is 5.97 Å². The second kappa shape index (κ2) is 5.32. The lowest BCUT2D eigenvalue weighted by atomic mass is 10.0. The highest BCUT2D eigenvalue weighted by Crippen LogP contribution is 2.46. The summed E-state index contributed by atoms with van der Waals surface area (Å²) in [5, 5.41) is 11.7. The minimum absolute atomic E-state index is 0.0795. The third-order valence-corrected chi connectivity index (χ3v) is 3.21. The molecule has 0 bridgehead atoms. The van der Waals surface area contributed by atoms with Gasteiger partial charge < -0.3 is 10.4 Å². The van der Waals surface area contributed by atoms with Gasteiger partial charge in [0.25, 0.3) is 0 Å². The fourth-order valence-electron chi connectivity index (χ4n) is 1.80. The van der Waals surface area contributed by atoms with Crippen molar-refractivity contribution in [2.75, 3.05) is 0 Å². The summed E-state index contributed by atoms with van der Waals surface area (Å²) in [7, 11) is 0. The van der Waals surface area contributed by atoms with Gasteiger partial charge in [0.05, 0.1) is 0 Å². The number of hydrogen-bond acceptors (Lipinski definition) is 2. The third kappa shape index (κ3) is 2.97. The number of carboxylic acids is 1. The number of carbonyl (C=O) groups excluding carboxylic acids is 1. The third-order valence-electron chi connectivity index (χ3n) is 3.21. The summed E-state index contributed by atoms with van der Waals surface area (Å²) in [6.07, 6.45) is 5.28. The Hall–Kier alpha value is -1.06. The van der Waals surface area contributed by atoms with E-state index in [1.165, 1.54) is 0 Å². The van der Waals surface area contributed by atoms with Crippen LogP contribution in [-0.2, 0) is 9.59 Å². The number of amides is 1. The normalized spacial score (nSPS) is 18.9. The SMILES string of the molecule is CCCCCC(C)NC(=O)C1(C(=O)O)CC1. The van der Waals surface area contributed by atoms with Gasteiger partial charge in [-0.2, -0.15) is 0 Å². The van der Waals surface area contributed by atoms with E-state index in [0.29, 0.717) is 12.8 Å². The van der Waals surface area contributed by atoms with Crippen LogP contribution in [-0.4, -0.2) is 23.0 Å². The first kappa shape index (κ1) is 13.0. The van der Waals surface area contributed by atoms with Crippen molar-refractivity contribution in [3.05, 3.63) is 0 Å². The minimum atomic E-state index is -1.10. The zero-order chi connectivity index (χ0) is 12.2. The maximum Gasteiger partial charge on any atom is 0.319 e. The monoisotopic (exact) mass is 227 g/mol. The summed E-state index contributed by atoms with van der Waals surface area (Å²) in [5.74, 6) is -1.28. The molecule has 0 aromatic carbocycles. The summed E-state index contributed by atoms with van der Waals surface area (Å²) in [6, 6.07) is 0.0795. The fourth-order valence-corrected chi connectivity index (χ4v) is 1.80. The molecule has 1 saturated carbocycles. The maximum absolute atomic E-state index is 11.7. The average molecular weight is 227 g/mol. The number of hydrogen-bond donors (Lipinski definition) is 2. The highest BCUT2D eigenvalue weighted by Gasteiger charge is 2.57. The van der Waals surface area contributed by atoms with Crippen LogP contribution in [0.15, 0.2) is 0 Å². The van der Waals surface area contributed by atoms with Crippen molar-refractivity contribution in [1.82, 2.24) is 5.32 Å². The number of unbranched alkanes of at least 4 members (excludes halogenated alkanes) is 2. The van der Waals surface area contributed by atoms with Crippen molar-refractivity contribution in [2.24, 2.45) is 5.41 Å². The minimum Gasteiger partial charge on any atom is -0.480 e. The highest BCUT2D eigenvalue weighted by atomic mass is 16.4. The zero-order valence-corrected chi connectivity index (χ0v) is 10.1. The smallest absolute Gasteiger partial charge is 0.319 e. The van der Waals surface area contributed by atoms with Gasteiger partial charge in [0.1, 0.15) is 5.41 Å². The van der Waals surface area contributed by atoms with Crippen LogP contribution in [0.5, 0.6) is 0 Å². The van der Waals surface area contributed by atoms with E-state index in [4.69, 9.17) is 5.11 Å². The number of carboxylic acid groups (broad SMARTS) is 1. The second-order valence-electron chi connectivity index (χ2n) is 4.76. The van der Waals surface area contributed by atoms with E-state index in [1.807, 2.05) is 6.92 Å². The van der Waals surface area contributed by atoms with Crippen molar-refractivity contribution in [3.8, 4) is 0 Å². The van der Waals surface area contributed by atoms with Gasteiger partial charge in [-0.15, -0.1) is 0 Å². The largest absolute Gasteiger partial charge is 0.480 e. The van der Waals surface area contributed by atoms with E-state index in [9.17, 15) is 9.59 Å². The number of nitrogens with one attached hydrogen (secondary N) is 1. The van der Waals surface area contributed by atoms with Gasteiger partial charge in [-0.25, -0.2) is 0 Å². The van der Waals surface area contributed by atoms with Crippen LogP contribution in [0.25, 0.3) is 0 Å². The molecule has 0 heterocycles. The van der Waals surface area contributed by atoms with Crippen LogP contribution in [0.2, 0.25) is 0 Å². The molecule has 1 fully saturated rings. The van der Waals surface area contributed by atoms with Crippen LogP contribution in [0, 0.1) is 5.41 Å². The molecule has 1 aliphatic rings. The van der Waals surface area contributed by atoms with E-state index < -0.39 is 11.4 Å². The Kier molecular flexibility index (Phi) is 4.33. The molecule has 2 N–H and O–H groups in total. The molecule has 0 saturated heterocycles. The molecule has 0 aromatic rings. The van der Waals surface area contributed by atoms with Crippen molar-refractivity contribution in [2.45, 2.75) is 58.4 Å². The van der Waals surface area contributed by atoms with E-state index in [1.54, 1.807) is 0 Å². The highest BCUT2D eigenvalue weighted by molar-refractivity contribution is 6.04. The van der Waals surface area contributed by atoms with Crippen LogP contribution in [0.1, 0.15) is 52.4 Å². The van der Waals surface area contributed by atoms with Crippen molar-refractivity contribution < 1.29 is 14.7 Å². The lowest BCUT2D eigenvalue weighted by molar-refractivity contribution is -0.149. The van der Waals surface area contributed by atoms with Gasteiger partial charge in [-0.05, 0) is 26.2 Å². The Morgan fingerprint density at radius 2 is 2.00 bits per heavy atom. The molecular weight excluding hydrogens is 206 g/mol.